The number of pyridine rings is 1. The summed E-state index contributed by atoms with van der Waals surface area (Å²) in [5.41, 5.74) is 1.88. The monoisotopic (exact) mass is 517 g/mol. The Hall–Kier alpha value is -4.54. The summed E-state index contributed by atoms with van der Waals surface area (Å²) in [6.45, 7) is 0. The maximum atomic E-state index is 14.9. The van der Waals surface area contributed by atoms with E-state index in [0.29, 0.717) is 41.3 Å². The second-order valence-electron chi connectivity index (χ2n) is 9.29. The van der Waals surface area contributed by atoms with Crippen molar-refractivity contribution in [1.29, 1.82) is 0 Å². The van der Waals surface area contributed by atoms with Crippen molar-refractivity contribution in [2.75, 3.05) is 0 Å². The Morgan fingerprint density at radius 1 is 1.03 bits per heavy atom. The maximum Gasteiger partial charge on any atom is 0.254 e. The number of carbonyl (C=O) groups is 1. The lowest BCUT2D eigenvalue weighted by Crippen LogP contribution is -2.39. The topological polar surface area (TPSA) is 101 Å². The molecule has 1 aliphatic carbocycles. The highest BCUT2D eigenvalue weighted by molar-refractivity contribution is 5.94. The van der Waals surface area contributed by atoms with Crippen LogP contribution < -0.4 is 5.32 Å². The quantitative estimate of drug-likeness (QED) is 0.333. The third-order valence-electron chi connectivity index (χ3n) is 6.87. The molecular formula is C27H22F3N7O. The fourth-order valence-electron chi connectivity index (χ4n) is 5.12. The first-order valence-electron chi connectivity index (χ1n) is 12.2. The number of benzene rings is 2. The lowest BCUT2D eigenvalue weighted by atomic mass is 9.90. The molecule has 6 rings (SSSR count). The number of H-pyrrole nitrogens is 1. The highest BCUT2D eigenvalue weighted by Crippen LogP contribution is 2.37. The lowest BCUT2D eigenvalue weighted by molar-refractivity contribution is 0.0916. The van der Waals surface area contributed by atoms with Crippen molar-refractivity contribution in [3.63, 3.8) is 0 Å². The van der Waals surface area contributed by atoms with Gasteiger partial charge in [-0.1, -0.05) is 12.1 Å². The van der Waals surface area contributed by atoms with Crippen LogP contribution in [0.5, 0.6) is 0 Å². The van der Waals surface area contributed by atoms with Gasteiger partial charge < -0.3 is 9.88 Å². The van der Waals surface area contributed by atoms with Crippen molar-refractivity contribution in [2.45, 2.75) is 37.8 Å². The van der Waals surface area contributed by atoms with Crippen molar-refractivity contribution in [2.24, 2.45) is 0 Å². The predicted octanol–water partition coefficient (Wildman–Crippen LogP) is 5.21. The van der Waals surface area contributed by atoms with Crippen LogP contribution in [0.15, 0.2) is 61.1 Å². The van der Waals surface area contributed by atoms with Gasteiger partial charge in [0.05, 0.1) is 22.8 Å². The normalized spacial score (nSPS) is 17.6. The SMILES string of the molecule is O=C(N[C@H]1CCC[C@@H](n2c(-c3ccccc3F)nc3cnc(-c4ncn[nH]4)cc32)C1)c1cc(F)ccc1F. The zero-order chi connectivity index (χ0) is 26.2. The Labute approximate surface area is 215 Å². The van der Waals surface area contributed by atoms with Gasteiger partial charge in [0.1, 0.15) is 40.8 Å². The number of imidazole rings is 1. The Bertz CT molecular complexity index is 1630. The summed E-state index contributed by atoms with van der Waals surface area (Å²) < 4.78 is 44.8. The number of hydrogen-bond donors (Lipinski definition) is 2. The van der Waals surface area contributed by atoms with E-state index in [4.69, 9.17) is 4.98 Å². The molecule has 0 spiro atoms. The number of hydrogen-bond acceptors (Lipinski definition) is 5. The van der Waals surface area contributed by atoms with Gasteiger partial charge in [0.15, 0.2) is 5.82 Å². The van der Waals surface area contributed by atoms with Gasteiger partial charge in [-0.3, -0.25) is 14.9 Å². The van der Waals surface area contributed by atoms with Crippen LogP contribution >= 0.6 is 0 Å². The molecule has 2 atom stereocenters. The van der Waals surface area contributed by atoms with E-state index in [1.54, 1.807) is 24.4 Å². The number of nitrogens with one attached hydrogen (secondary N) is 2. The van der Waals surface area contributed by atoms with Gasteiger partial charge in [-0.25, -0.2) is 23.1 Å². The molecule has 192 valence electrons. The first-order chi connectivity index (χ1) is 18.5. The summed E-state index contributed by atoms with van der Waals surface area (Å²) in [5.74, 6) is -1.62. The Morgan fingerprint density at radius 3 is 2.71 bits per heavy atom. The fraction of sp³-hybridized carbons (Fsp3) is 0.222. The van der Waals surface area contributed by atoms with E-state index < -0.39 is 23.4 Å². The molecule has 3 aromatic heterocycles. The number of fused-ring (bicyclic) bond motifs is 1. The van der Waals surface area contributed by atoms with E-state index in [1.165, 1.54) is 12.4 Å². The molecule has 8 nitrogen and oxygen atoms in total. The van der Waals surface area contributed by atoms with Gasteiger partial charge in [-0.15, -0.1) is 0 Å². The van der Waals surface area contributed by atoms with Crippen LogP contribution in [-0.2, 0) is 0 Å². The largest absolute Gasteiger partial charge is 0.349 e. The predicted molar refractivity (Wildman–Crippen MR) is 133 cm³/mol. The smallest absolute Gasteiger partial charge is 0.254 e. The molecule has 1 amide bonds. The summed E-state index contributed by atoms with van der Waals surface area (Å²) in [6.07, 6.45) is 5.69. The number of aromatic nitrogens is 6. The summed E-state index contributed by atoms with van der Waals surface area (Å²) >= 11 is 0. The summed E-state index contributed by atoms with van der Waals surface area (Å²) in [7, 11) is 0. The molecule has 1 saturated carbocycles. The zero-order valence-corrected chi connectivity index (χ0v) is 20.0. The standard InChI is InChI=1S/C27H22F3N7O/c28-15-8-9-21(30)19(10-15)27(38)34-16-4-3-5-17(11-16)37-24-12-22(25-32-14-33-36-25)31-13-23(24)35-26(37)18-6-1-2-7-20(18)29/h1-2,6-10,12-14,16-17H,3-5,11H2,(H,34,38)(H,32,33,36)/t16-,17+/m0/s1. The van der Waals surface area contributed by atoms with E-state index in [-0.39, 0.29) is 17.6 Å². The molecule has 2 aromatic carbocycles. The molecule has 11 heteroatoms. The molecule has 0 unspecified atom stereocenters. The average molecular weight is 518 g/mol. The van der Waals surface area contributed by atoms with E-state index in [9.17, 15) is 18.0 Å². The number of aromatic amines is 1. The van der Waals surface area contributed by atoms with Gasteiger partial charge in [-0.2, -0.15) is 5.10 Å². The third-order valence-corrected chi connectivity index (χ3v) is 6.87. The number of carbonyl (C=O) groups excluding carboxylic acids is 1. The fourth-order valence-corrected chi connectivity index (χ4v) is 5.12. The minimum Gasteiger partial charge on any atom is -0.349 e. The first kappa shape index (κ1) is 23.8. The number of nitrogens with zero attached hydrogens (tertiary/aromatic N) is 5. The van der Waals surface area contributed by atoms with Crippen molar-refractivity contribution < 1.29 is 18.0 Å². The van der Waals surface area contributed by atoms with Crippen LogP contribution in [0.2, 0.25) is 0 Å². The minimum atomic E-state index is -0.786. The average Bonchev–Trinajstić information content (AvgIpc) is 3.58. The molecule has 0 aliphatic heterocycles. The maximum absolute atomic E-state index is 14.9. The van der Waals surface area contributed by atoms with Crippen molar-refractivity contribution >= 4 is 16.9 Å². The van der Waals surface area contributed by atoms with E-state index in [2.05, 4.69) is 25.5 Å². The Balaban J connectivity index is 1.39. The Morgan fingerprint density at radius 2 is 1.89 bits per heavy atom. The molecule has 0 bridgehead atoms. The molecule has 1 aliphatic rings. The summed E-state index contributed by atoms with van der Waals surface area (Å²) in [5, 5.41) is 9.55. The number of rotatable bonds is 5. The molecule has 0 radical (unpaired) electrons. The van der Waals surface area contributed by atoms with E-state index in [1.807, 2.05) is 10.6 Å². The molecule has 0 saturated heterocycles. The molecule has 1 fully saturated rings. The van der Waals surface area contributed by atoms with Crippen LogP contribution in [0.4, 0.5) is 13.2 Å². The van der Waals surface area contributed by atoms with Gasteiger partial charge in [0, 0.05) is 12.1 Å². The molecule has 5 aromatic rings. The summed E-state index contributed by atoms with van der Waals surface area (Å²) in [4.78, 5) is 26.1. The van der Waals surface area contributed by atoms with Gasteiger partial charge in [0.25, 0.3) is 5.91 Å². The minimum absolute atomic E-state index is 0.156. The van der Waals surface area contributed by atoms with Gasteiger partial charge in [0.2, 0.25) is 0 Å². The second-order valence-corrected chi connectivity index (χ2v) is 9.29. The second kappa shape index (κ2) is 9.73. The van der Waals surface area contributed by atoms with Crippen LogP contribution in [0.3, 0.4) is 0 Å². The molecule has 2 N–H and O–H groups in total. The van der Waals surface area contributed by atoms with Crippen molar-refractivity contribution in [3.8, 4) is 22.9 Å². The molecule has 38 heavy (non-hydrogen) atoms. The van der Waals surface area contributed by atoms with Crippen molar-refractivity contribution in [1.82, 2.24) is 35.0 Å². The first-order valence-corrected chi connectivity index (χ1v) is 12.2. The van der Waals surface area contributed by atoms with Gasteiger partial charge in [-0.05, 0) is 62.1 Å². The molecular weight excluding hydrogens is 495 g/mol. The number of amides is 1. The van der Waals surface area contributed by atoms with Crippen LogP contribution in [0.1, 0.15) is 42.1 Å². The Kier molecular flexibility index (Phi) is 6.10. The lowest BCUT2D eigenvalue weighted by Gasteiger charge is -2.32. The van der Waals surface area contributed by atoms with Crippen LogP contribution in [0, 0.1) is 17.5 Å². The molecule has 3 heterocycles. The number of halogens is 3. The summed E-state index contributed by atoms with van der Waals surface area (Å²) in [6, 6.07) is 10.6. The highest BCUT2D eigenvalue weighted by Gasteiger charge is 2.29. The third kappa shape index (κ3) is 4.40. The van der Waals surface area contributed by atoms with E-state index >= 15 is 0 Å². The highest BCUT2D eigenvalue weighted by atomic mass is 19.1. The van der Waals surface area contributed by atoms with Crippen LogP contribution in [0.25, 0.3) is 33.9 Å². The van der Waals surface area contributed by atoms with Crippen LogP contribution in [-0.4, -0.2) is 41.7 Å². The van der Waals surface area contributed by atoms with E-state index in [0.717, 1.165) is 36.6 Å². The van der Waals surface area contributed by atoms with Crippen molar-refractivity contribution in [3.05, 3.63) is 84.1 Å². The van der Waals surface area contributed by atoms with Gasteiger partial charge >= 0.3 is 0 Å². The zero-order valence-electron chi connectivity index (χ0n) is 20.0.